The van der Waals surface area contributed by atoms with Crippen LogP contribution in [0, 0.1) is 0 Å². The van der Waals surface area contributed by atoms with Gasteiger partial charge in [-0.15, -0.1) is 0 Å². The van der Waals surface area contributed by atoms with Crippen LogP contribution >= 0.6 is 0 Å². The minimum Gasteiger partial charge on any atom is -0.200 e. The third kappa shape index (κ3) is 2.39. The van der Waals surface area contributed by atoms with Crippen molar-refractivity contribution in [2.24, 2.45) is 0 Å². The summed E-state index contributed by atoms with van der Waals surface area (Å²) in [6.07, 6.45) is 10.2. The number of hydrogen-bond acceptors (Lipinski definition) is 0. The van der Waals surface area contributed by atoms with Crippen LogP contribution in [0.5, 0.6) is 0 Å². The summed E-state index contributed by atoms with van der Waals surface area (Å²) in [6.45, 7) is 6.83. The molecule has 0 spiro atoms. The van der Waals surface area contributed by atoms with Crippen LogP contribution in [0.3, 0.4) is 0 Å². The van der Waals surface area contributed by atoms with Gasteiger partial charge in [0.25, 0.3) is 0 Å². The lowest BCUT2D eigenvalue weighted by Gasteiger charge is -2.18. The predicted molar refractivity (Wildman–Crippen MR) is 80.3 cm³/mol. The summed E-state index contributed by atoms with van der Waals surface area (Å²) in [5.41, 5.74) is 1.71. The van der Waals surface area contributed by atoms with Crippen molar-refractivity contribution in [1.82, 2.24) is 0 Å². The predicted octanol–water partition coefficient (Wildman–Crippen LogP) is 4.54. The number of fused-ring (bicyclic) bond motifs is 1. The van der Waals surface area contributed by atoms with Crippen molar-refractivity contribution in [3.05, 3.63) is 42.2 Å². The van der Waals surface area contributed by atoms with Gasteiger partial charge in [-0.1, -0.05) is 31.0 Å². The molecule has 0 bridgehead atoms. The molecule has 0 atom stereocenters. The van der Waals surface area contributed by atoms with Gasteiger partial charge in [0.2, 0.25) is 0 Å². The van der Waals surface area contributed by atoms with E-state index in [0.29, 0.717) is 0 Å². The number of rotatable bonds is 1. The molecule has 1 heterocycles. The summed E-state index contributed by atoms with van der Waals surface area (Å²) in [5.74, 6) is 0.764. The van der Waals surface area contributed by atoms with Crippen molar-refractivity contribution in [1.29, 1.82) is 0 Å². The zero-order valence-electron chi connectivity index (χ0n) is 12.3. The molecule has 0 saturated heterocycles. The second kappa shape index (κ2) is 4.63. The van der Waals surface area contributed by atoms with Crippen LogP contribution in [0.25, 0.3) is 10.8 Å². The van der Waals surface area contributed by atoms with Crippen LogP contribution in [-0.4, -0.2) is 0 Å². The minimum absolute atomic E-state index is 0.150. The Morgan fingerprint density at radius 1 is 1.00 bits per heavy atom. The zero-order chi connectivity index (χ0) is 13.5. The smallest absolute Gasteiger partial charge is 0.177 e. The zero-order valence-corrected chi connectivity index (χ0v) is 12.3. The minimum atomic E-state index is 0.150. The molecule has 0 aliphatic heterocycles. The first kappa shape index (κ1) is 12.7. The molecule has 1 aliphatic rings. The fourth-order valence-corrected chi connectivity index (χ4v) is 3.23. The lowest BCUT2D eigenvalue weighted by Crippen LogP contribution is -2.50. The van der Waals surface area contributed by atoms with E-state index in [9.17, 15) is 0 Å². The summed E-state index contributed by atoms with van der Waals surface area (Å²) in [7, 11) is 0. The highest BCUT2D eigenvalue weighted by atomic mass is 15.0. The van der Waals surface area contributed by atoms with Crippen LogP contribution in [0.2, 0.25) is 0 Å². The van der Waals surface area contributed by atoms with Gasteiger partial charge in [0.15, 0.2) is 17.9 Å². The average molecular weight is 254 g/mol. The summed E-state index contributed by atoms with van der Waals surface area (Å²) in [4.78, 5) is 0. The van der Waals surface area contributed by atoms with Gasteiger partial charge in [-0.25, -0.2) is 0 Å². The molecule has 1 heteroatoms. The van der Waals surface area contributed by atoms with Crippen LogP contribution in [0.4, 0.5) is 0 Å². The Hall–Kier alpha value is -1.37. The van der Waals surface area contributed by atoms with Crippen LogP contribution in [0.15, 0.2) is 36.7 Å². The van der Waals surface area contributed by atoms with Crippen LogP contribution in [-0.2, 0) is 5.54 Å². The second-order valence-corrected chi connectivity index (χ2v) is 6.86. The highest BCUT2D eigenvalue weighted by Gasteiger charge is 2.27. The summed E-state index contributed by atoms with van der Waals surface area (Å²) < 4.78 is 2.39. The topological polar surface area (TPSA) is 3.88 Å². The number of hydrogen-bond donors (Lipinski definition) is 0. The normalized spacial score (nSPS) is 17.2. The second-order valence-electron chi connectivity index (χ2n) is 6.86. The Kier molecular flexibility index (Phi) is 3.08. The van der Waals surface area contributed by atoms with Crippen molar-refractivity contribution in [2.45, 2.75) is 57.9 Å². The van der Waals surface area contributed by atoms with E-state index < -0.39 is 0 Å². The molecule has 1 saturated carbocycles. The van der Waals surface area contributed by atoms with E-state index in [1.54, 1.807) is 5.56 Å². The van der Waals surface area contributed by atoms with E-state index in [0.717, 1.165) is 5.92 Å². The first-order valence-electron chi connectivity index (χ1n) is 7.50. The Morgan fingerprint density at radius 3 is 2.37 bits per heavy atom. The Morgan fingerprint density at radius 2 is 1.68 bits per heavy atom. The number of nitrogens with zero attached hydrogens (tertiary/aromatic N) is 1. The molecule has 1 nitrogen and oxygen atoms in total. The molecule has 0 unspecified atom stereocenters. The molecule has 1 fully saturated rings. The van der Waals surface area contributed by atoms with Gasteiger partial charge < -0.3 is 0 Å². The van der Waals surface area contributed by atoms with Crippen molar-refractivity contribution in [3.63, 3.8) is 0 Å². The molecule has 3 rings (SSSR count). The first-order chi connectivity index (χ1) is 9.05. The van der Waals surface area contributed by atoms with Gasteiger partial charge in [0.05, 0.1) is 0 Å². The number of pyridine rings is 1. The first-order valence-corrected chi connectivity index (χ1v) is 7.50. The van der Waals surface area contributed by atoms with Gasteiger partial charge in [-0.3, -0.25) is 0 Å². The van der Waals surface area contributed by atoms with E-state index in [2.05, 4.69) is 62.0 Å². The molecule has 1 aromatic carbocycles. The van der Waals surface area contributed by atoms with Gasteiger partial charge in [0, 0.05) is 31.7 Å². The van der Waals surface area contributed by atoms with E-state index >= 15 is 0 Å². The van der Waals surface area contributed by atoms with Crippen LogP contribution < -0.4 is 4.57 Å². The maximum atomic E-state index is 2.40. The van der Waals surface area contributed by atoms with Crippen molar-refractivity contribution in [2.75, 3.05) is 0 Å². The molecule has 1 aromatic heterocycles. The fourth-order valence-electron chi connectivity index (χ4n) is 3.23. The molecular formula is C18H24N+. The Labute approximate surface area is 116 Å². The SMILES string of the molecule is CC(C)(C)[n+]1cc(C2CCCC2)c2ccccc2c1. The van der Waals surface area contributed by atoms with Gasteiger partial charge >= 0.3 is 0 Å². The molecular weight excluding hydrogens is 230 g/mol. The van der Waals surface area contributed by atoms with Crippen molar-refractivity contribution >= 4 is 10.8 Å². The highest BCUT2D eigenvalue weighted by Crippen LogP contribution is 2.37. The van der Waals surface area contributed by atoms with Crippen molar-refractivity contribution in [3.8, 4) is 0 Å². The van der Waals surface area contributed by atoms with Gasteiger partial charge in [-0.2, -0.15) is 4.57 Å². The van der Waals surface area contributed by atoms with E-state index in [1.165, 1.54) is 36.5 Å². The Bertz CT molecular complexity index is 586. The van der Waals surface area contributed by atoms with E-state index in [1.807, 2.05) is 0 Å². The molecule has 0 amide bonds. The standard InChI is InChI=1S/C18H24N/c1-18(2,3)19-12-15-10-6-7-11-16(15)17(13-19)14-8-4-5-9-14/h6-7,10-14H,4-5,8-9H2,1-3H3/q+1. The molecule has 19 heavy (non-hydrogen) atoms. The third-order valence-electron chi connectivity index (χ3n) is 4.40. The average Bonchev–Trinajstić information content (AvgIpc) is 2.90. The van der Waals surface area contributed by atoms with E-state index in [-0.39, 0.29) is 5.54 Å². The lowest BCUT2D eigenvalue weighted by molar-refractivity contribution is -0.753. The third-order valence-corrected chi connectivity index (χ3v) is 4.40. The number of benzene rings is 1. The maximum absolute atomic E-state index is 2.40. The quantitative estimate of drug-likeness (QED) is 0.658. The molecule has 1 aliphatic carbocycles. The largest absolute Gasteiger partial charge is 0.200 e. The van der Waals surface area contributed by atoms with Crippen molar-refractivity contribution < 1.29 is 4.57 Å². The summed E-state index contributed by atoms with van der Waals surface area (Å²) in [6, 6.07) is 8.85. The van der Waals surface area contributed by atoms with E-state index in [4.69, 9.17) is 0 Å². The lowest BCUT2D eigenvalue weighted by atomic mass is 9.93. The summed E-state index contributed by atoms with van der Waals surface area (Å²) in [5, 5.41) is 2.83. The highest BCUT2D eigenvalue weighted by molar-refractivity contribution is 5.84. The number of aromatic nitrogens is 1. The molecule has 0 N–H and O–H groups in total. The van der Waals surface area contributed by atoms with Gasteiger partial charge in [-0.05, 0) is 30.2 Å². The fraction of sp³-hybridized carbons (Fsp3) is 0.500. The monoisotopic (exact) mass is 254 g/mol. The van der Waals surface area contributed by atoms with Gasteiger partial charge in [0.1, 0.15) is 0 Å². The summed E-state index contributed by atoms with van der Waals surface area (Å²) >= 11 is 0. The van der Waals surface area contributed by atoms with Crippen LogP contribution in [0.1, 0.15) is 57.9 Å². The maximum Gasteiger partial charge on any atom is 0.177 e. The molecule has 2 aromatic rings. The molecule has 100 valence electrons. The Balaban J connectivity index is 2.21. The molecule has 0 radical (unpaired) electrons.